The number of carbonyl (C=O) groups is 3. The Morgan fingerprint density at radius 2 is 1.92 bits per heavy atom. The first-order chi connectivity index (χ1) is 11.9. The molecule has 4 aliphatic carbocycles. The number of ketones is 2. The fourth-order valence-electron chi connectivity index (χ4n) is 7.31. The van der Waals surface area contributed by atoms with Crippen LogP contribution < -0.4 is 0 Å². The van der Waals surface area contributed by atoms with Crippen LogP contribution in [0.1, 0.15) is 71.6 Å². The minimum atomic E-state index is 0.0846. The first-order valence-corrected chi connectivity index (χ1v) is 10.1. The predicted molar refractivity (Wildman–Crippen MR) is 95.9 cm³/mol. The van der Waals surface area contributed by atoms with Gasteiger partial charge in [0.05, 0.1) is 6.42 Å². The summed E-state index contributed by atoms with van der Waals surface area (Å²) in [6, 6.07) is 0. The van der Waals surface area contributed by atoms with E-state index in [4.69, 9.17) is 0 Å². The highest BCUT2D eigenvalue weighted by Gasteiger charge is 2.59. The summed E-state index contributed by atoms with van der Waals surface area (Å²) >= 11 is 0. The lowest BCUT2D eigenvalue weighted by Crippen LogP contribution is -2.51. The van der Waals surface area contributed by atoms with Gasteiger partial charge in [0.15, 0.2) is 5.78 Å². The Hall–Kier alpha value is -1.25. The molecule has 3 heteroatoms. The predicted octanol–water partition coefficient (Wildman–Crippen LogP) is 4.29. The zero-order valence-electron chi connectivity index (χ0n) is 15.6. The van der Waals surface area contributed by atoms with E-state index in [9.17, 15) is 14.4 Å². The van der Waals surface area contributed by atoms with E-state index >= 15 is 0 Å². The molecule has 0 N–H and O–H groups in total. The van der Waals surface area contributed by atoms with Gasteiger partial charge in [-0.2, -0.15) is 0 Å². The Balaban J connectivity index is 1.62. The molecule has 4 aliphatic rings. The van der Waals surface area contributed by atoms with Crippen LogP contribution in [-0.4, -0.2) is 17.9 Å². The molecule has 0 spiro atoms. The molecular weight excluding hydrogens is 312 g/mol. The number of allylic oxidation sites excluding steroid dienone is 1. The molecule has 3 fully saturated rings. The van der Waals surface area contributed by atoms with Gasteiger partial charge in [0.1, 0.15) is 12.1 Å². The number of hydrogen-bond donors (Lipinski definition) is 0. The van der Waals surface area contributed by atoms with Crippen LogP contribution in [0.5, 0.6) is 0 Å². The third kappa shape index (κ3) is 2.41. The van der Waals surface area contributed by atoms with Crippen LogP contribution in [0.3, 0.4) is 0 Å². The third-order valence-corrected chi connectivity index (χ3v) is 8.64. The Bertz CT molecular complexity index is 648. The smallest absolute Gasteiger partial charge is 0.155 e. The lowest BCUT2D eigenvalue weighted by atomic mass is 9.46. The Labute approximate surface area is 150 Å². The van der Waals surface area contributed by atoms with Crippen LogP contribution in [0.4, 0.5) is 0 Å². The van der Waals surface area contributed by atoms with E-state index in [2.05, 4.69) is 13.8 Å². The molecule has 0 aromatic carbocycles. The summed E-state index contributed by atoms with van der Waals surface area (Å²) in [5.74, 6) is 2.53. The molecule has 0 saturated heterocycles. The van der Waals surface area contributed by atoms with Crippen molar-refractivity contribution in [1.82, 2.24) is 0 Å². The van der Waals surface area contributed by atoms with Crippen molar-refractivity contribution in [2.24, 2.45) is 34.5 Å². The summed E-state index contributed by atoms with van der Waals surface area (Å²) in [4.78, 5) is 35.2. The zero-order chi connectivity index (χ0) is 17.8. The molecule has 4 rings (SSSR count). The molecule has 3 saturated carbocycles. The second kappa shape index (κ2) is 5.89. The summed E-state index contributed by atoms with van der Waals surface area (Å²) in [6.45, 7) is 4.72. The van der Waals surface area contributed by atoms with Crippen molar-refractivity contribution in [3.63, 3.8) is 0 Å². The second-order valence-corrected chi connectivity index (χ2v) is 9.48. The standard InChI is InChI=1S/C22H30O3/c1-21-10-7-15(24)13-14(21)3-4-16-17-5-6-19(20(25)9-12-23)22(17,2)11-8-18(16)21/h12-13,16-19H,3-11H2,1-2H3/t16-,17-,18-,19+,21-,22-/m0/s1. The van der Waals surface area contributed by atoms with Crippen molar-refractivity contribution >= 4 is 17.9 Å². The van der Waals surface area contributed by atoms with Crippen LogP contribution in [0, 0.1) is 34.5 Å². The van der Waals surface area contributed by atoms with Gasteiger partial charge in [-0.15, -0.1) is 0 Å². The second-order valence-electron chi connectivity index (χ2n) is 9.48. The molecule has 136 valence electrons. The molecule has 0 amide bonds. The maximum atomic E-state index is 12.5. The van der Waals surface area contributed by atoms with Crippen molar-refractivity contribution in [2.45, 2.75) is 71.6 Å². The molecule has 3 nitrogen and oxygen atoms in total. The first-order valence-electron chi connectivity index (χ1n) is 10.1. The highest BCUT2D eigenvalue weighted by Crippen LogP contribution is 2.66. The molecule has 0 aromatic rings. The van der Waals surface area contributed by atoms with Gasteiger partial charge >= 0.3 is 0 Å². The quantitative estimate of drug-likeness (QED) is 0.568. The van der Waals surface area contributed by atoms with E-state index in [1.165, 1.54) is 18.4 Å². The fraction of sp³-hybridized carbons (Fsp3) is 0.773. The van der Waals surface area contributed by atoms with Gasteiger partial charge in [0, 0.05) is 12.3 Å². The van der Waals surface area contributed by atoms with Crippen molar-refractivity contribution in [3.05, 3.63) is 11.6 Å². The number of aldehydes is 1. The van der Waals surface area contributed by atoms with Gasteiger partial charge < -0.3 is 4.79 Å². The Morgan fingerprint density at radius 3 is 2.68 bits per heavy atom. The monoisotopic (exact) mass is 342 g/mol. The third-order valence-electron chi connectivity index (χ3n) is 8.64. The number of rotatable bonds is 3. The van der Waals surface area contributed by atoms with Crippen molar-refractivity contribution in [3.8, 4) is 0 Å². The number of hydrogen-bond acceptors (Lipinski definition) is 3. The van der Waals surface area contributed by atoms with Gasteiger partial charge in [0.25, 0.3) is 0 Å². The summed E-state index contributed by atoms with van der Waals surface area (Å²) < 4.78 is 0. The maximum absolute atomic E-state index is 12.5. The fourth-order valence-corrected chi connectivity index (χ4v) is 7.31. The van der Waals surface area contributed by atoms with Crippen LogP contribution in [0.2, 0.25) is 0 Å². The van der Waals surface area contributed by atoms with Crippen LogP contribution in [-0.2, 0) is 14.4 Å². The van der Waals surface area contributed by atoms with Gasteiger partial charge in [-0.05, 0) is 79.6 Å². The molecule has 0 aromatic heterocycles. The van der Waals surface area contributed by atoms with Crippen LogP contribution >= 0.6 is 0 Å². The Kier molecular flexibility index (Phi) is 4.05. The minimum Gasteiger partial charge on any atom is -0.303 e. The number of Topliss-reactive ketones (excluding diaryl/α,β-unsaturated/α-hetero) is 1. The zero-order valence-corrected chi connectivity index (χ0v) is 15.6. The molecule has 6 atom stereocenters. The SMILES string of the molecule is C[C@]12CC[C@H]3[C@@H](CCC4=CC(=O)CC[C@@]43C)[C@@H]1CC[C@@H]2C(=O)CC=O. The molecule has 0 heterocycles. The van der Waals surface area contributed by atoms with Gasteiger partial charge in [-0.25, -0.2) is 0 Å². The lowest BCUT2D eigenvalue weighted by molar-refractivity contribution is -0.132. The topological polar surface area (TPSA) is 51.2 Å². The summed E-state index contributed by atoms with van der Waals surface area (Å²) in [7, 11) is 0. The number of fused-ring (bicyclic) bond motifs is 5. The van der Waals surface area contributed by atoms with Crippen molar-refractivity contribution in [1.29, 1.82) is 0 Å². The number of carbonyl (C=O) groups excluding carboxylic acids is 3. The first kappa shape index (κ1) is 17.2. The molecule has 0 radical (unpaired) electrons. The summed E-state index contributed by atoms with van der Waals surface area (Å²) in [5.41, 5.74) is 1.69. The molecular formula is C22H30O3. The average Bonchev–Trinajstić information content (AvgIpc) is 2.93. The largest absolute Gasteiger partial charge is 0.303 e. The maximum Gasteiger partial charge on any atom is 0.155 e. The average molecular weight is 342 g/mol. The van der Waals surface area contributed by atoms with Crippen molar-refractivity contribution < 1.29 is 14.4 Å². The van der Waals surface area contributed by atoms with Crippen molar-refractivity contribution in [2.75, 3.05) is 0 Å². The van der Waals surface area contributed by atoms with E-state index in [0.29, 0.717) is 30.0 Å². The molecule has 0 unspecified atom stereocenters. The minimum absolute atomic E-state index is 0.0846. The van der Waals surface area contributed by atoms with E-state index in [1.54, 1.807) is 0 Å². The van der Waals surface area contributed by atoms with E-state index in [0.717, 1.165) is 38.4 Å². The van der Waals surface area contributed by atoms with Gasteiger partial charge in [-0.1, -0.05) is 19.4 Å². The summed E-state index contributed by atoms with van der Waals surface area (Å²) in [6.07, 6.45) is 11.2. The molecule has 0 bridgehead atoms. The highest BCUT2D eigenvalue weighted by molar-refractivity contribution is 5.92. The lowest BCUT2D eigenvalue weighted by Gasteiger charge is -2.58. The van der Waals surface area contributed by atoms with Crippen LogP contribution in [0.25, 0.3) is 0 Å². The van der Waals surface area contributed by atoms with E-state index in [1.807, 2.05) is 6.08 Å². The normalized spacial score (nSPS) is 45.8. The molecule has 25 heavy (non-hydrogen) atoms. The highest BCUT2D eigenvalue weighted by atomic mass is 16.1. The Morgan fingerprint density at radius 1 is 1.12 bits per heavy atom. The van der Waals surface area contributed by atoms with Gasteiger partial charge in [-0.3, -0.25) is 9.59 Å². The van der Waals surface area contributed by atoms with Crippen LogP contribution in [0.15, 0.2) is 11.6 Å². The molecule has 0 aliphatic heterocycles. The summed E-state index contributed by atoms with van der Waals surface area (Å²) in [5, 5.41) is 0. The van der Waals surface area contributed by atoms with E-state index < -0.39 is 0 Å². The van der Waals surface area contributed by atoms with E-state index in [-0.39, 0.29) is 29.0 Å². The van der Waals surface area contributed by atoms with Gasteiger partial charge in [0.2, 0.25) is 0 Å².